The lowest BCUT2D eigenvalue weighted by atomic mass is 10.1. The lowest BCUT2D eigenvalue weighted by Gasteiger charge is -2.04. The molecule has 0 fully saturated rings. The Labute approximate surface area is 145 Å². The van der Waals surface area contributed by atoms with Crippen LogP contribution in [0.3, 0.4) is 0 Å². The van der Waals surface area contributed by atoms with E-state index in [1.54, 1.807) is 9.08 Å². The average molecular weight is 328 g/mol. The molecule has 3 heterocycles. The van der Waals surface area contributed by atoms with Gasteiger partial charge in [-0.05, 0) is 12.1 Å². The number of pyridine rings is 1. The number of benzene rings is 1. The number of nitriles is 1. The minimum atomic E-state index is 0.501. The summed E-state index contributed by atoms with van der Waals surface area (Å²) in [6.45, 7) is 0.538. The van der Waals surface area contributed by atoms with Gasteiger partial charge in [-0.15, -0.1) is 0 Å². The van der Waals surface area contributed by atoms with Crippen molar-refractivity contribution in [2.45, 2.75) is 6.54 Å². The molecule has 0 aliphatic heterocycles. The van der Waals surface area contributed by atoms with Crippen LogP contribution in [0.4, 0.5) is 5.82 Å². The molecule has 0 atom stereocenters. The maximum absolute atomic E-state index is 9.47. The molecule has 4 aromatic rings. The van der Waals surface area contributed by atoms with E-state index in [9.17, 15) is 5.26 Å². The number of nitrogens with zero attached hydrogens (tertiary/aromatic N) is 5. The molecule has 0 aliphatic rings. The van der Waals surface area contributed by atoms with Crippen molar-refractivity contribution in [3.05, 3.63) is 72.2 Å². The van der Waals surface area contributed by atoms with Crippen LogP contribution in [0.15, 0.2) is 60.9 Å². The molecule has 3 aromatic heterocycles. The second-order valence-corrected chi connectivity index (χ2v) is 5.75. The molecule has 6 nitrogen and oxygen atoms in total. The Balaban J connectivity index is 1.66. The van der Waals surface area contributed by atoms with Crippen LogP contribution in [0.2, 0.25) is 0 Å². The van der Waals surface area contributed by atoms with Crippen LogP contribution in [0.25, 0.3) is 16.9 Å². The summed E-state index contributed by atoms with van der Waals surface area (Å²) in [5.74, 6) is 0.580. The zero-order valence-electron chi connectivity index (χ0n) is 13.7. The largest absolute Gasteiger partial charge is 0.363 e. The number of aryl methyl sites for hydroxylation is 1. The summed E-state index contributed by atoms with van der Waals surface area (Å²) in [5, 5.41) is 17.3. The third-order valence-electron chi connectivity index (χ3n) is 4.03. The minimum Gasteiger partial charge on any atom is -0.363 e. The highest BCUT2D eigenvalue weighted by atomic mass is 15.3. The standard InChI is InChI=1S/C19H16N6/c1-24-13-15(18(23-24)14-7-3-2-4-8-14)12-21-19-16(11-20)25-10-6-5-9-17(25)22-19/h2-10,13,21H,12H2,1H3. The van der Waals surface area contributed by atoms with E-state index in [4.69, 9.17) is 0 Å². The number of fused-ring (bicyclic) bond motifs is 1. The molecule has 1 aromatic carbocycles. The number of hydrogen-bond donors (Lipinski definition) is 1. The first-order valence-corrected chi connectivity index (χ1v) is 7.95. The van der Waals surface area contributed by atoms with Crippen molar-refractivity contribution in [1.29, 1.82) is 5.26 Å². The van der Waals surface area contributed by atoms with Gasteiger partial charge in [-0.2, -0.15) is 10.4 Å². The number of hydrogen-bond acceptors (Lipinski definition) is 4. The number of rotatable bonds is 4. The fourth-order valence-electron chi connectivity index (χ4n) is 2.91. The van der Waals surface area contributed by atoms with E-state index in [1.165, 1.54) is 0 Å². The van der Waals surface area contributed by atoms with Gasteiger partial charge in [-0.3, -0.25) is 9.08 Å². The van der Waals surface area contributed by atoms with E-state index >= 15 is 0 Å². The van der Waals surface area contributed by atoms with Crippen LogP contribution < -0.4 is 5.32 Å². The Hall–Kier alpha value is -3.59. The lowest BCUT2D eigenvalue weighted by Crippen LogP contribution is -2.02. The molecule has 0 saturated heterocycles. The molecule has 6 heteroatoms. The van der Waals surface area contributed by atoms with Gasteiger partial charge in [0.15, 0.2) is 11.5 Å². The molecule has 0 spiro atoms. The molecule has 25 heavy (non-hydrogen) atoms. The monoisotopic (exact) mass is 328 g/mol. The molecule has 0 bridgehead atoms. The molecule has 0 radical (unpaired) electrons. The summed E-state index contributed by atoms with van der Waals surface area (Å²) in [7, 11) is 1.90. The molecule has 122 valence electrons. The van der Waals surface area contributed by atoms with E-state index in [0.29, 0.717) is 18.1 Å². The van der Waals surface area contributed by atoms with Crippen LogP contribution in [-0.4, -0.2) is 19.2 Å². The van der Waals surface area contributed by atoms with Crippen molar-refractivity contribution in [3.63, 3.8) is 0 Å². The number of nitrogens with one attached hydrogen (secondary N) is 1. The molecule has 0 amide bonds. The van der Waals surface area contributed by atoms with Gasteiger partial charge in [-0.1, -0.05) is 36.4 Å². The number of imidazole rings is 1. The molecule has 0 aliphatic carbocycles. The Bertz CT molecular complexity index is 1070. The van der Waals surface area contributed by atoms with Crippen LogP contribution >= 0.6 is 0 Å². The molecular weight excluding hydrogens is 312 g/mol. The summed E-state index contributed by atoms with van der Waals surface area (Å²) >= 11 is 0. The molecular formula is C19H16N6. The van der Waals surface area contributed by atoms with Crippen LogP contribution in [0, 0.1) is 11.3 Å². The van der Waals surface area contributed by atoms with Gasteiger partial charge in [-0.25, -0.2) is 4.98 Å². The topological polar surface area (TPSA) is 70.9 Å². The van der Waals surface area contributed by atoms with Gasteiger partial charge in [0, 0.05) is 37.1 Å². The highest BCUT2D eigenvalue weighted by Crippen LogP contribution is 2.23. The van der Waals surface area contributed by atoms with Gasteiger partial charge < -0.3 is 5.32 Å². The predicted octanol–water partition coefficient (Wildman–Crippen LogP) is 3.22. The summed E-state index contributed by atoms with van der Waals surface area (Å²) in [4.78, 5) is 4.51. The summed E-state index contributed by atoms with van der Waals surface area (Å²) < 4.78 is 3.58. The molecule has 0 unspecified atom stereocenters. The summed E-state index contributed by atoms with van der Waals surface area (Å²) in [6.07, 6.45) is 3.82. The predicted molar refractivity (Wildman–Crippen MR) is 95.9 cm³/mol. The maximum atomic E-state index is 9.47. The van der Waals surface area contributed by atoms with E-state index < -0.39 is 0 Å². The van der Waals surface area contributed by atoms with Crippen molar-refractivity contribution >= 4 is 11.5 Å². The normalized spacial score (nSPS) is 10.7. The van der Waals surface area contributed by atoms with Crippen molar-refractivity contribution in [3.8, 4) is 17.3 Å². The minimum absolute atomic E-state index is 0.501. The molecule has 4 rings (SSSR count). The second-order valence-electron chi connectivity index (χ2n) is 5.75. The fraction of sp³-hybridized carbons (Fsp3) is 0.105. The zero-order chi connectivity index (χ0) is 17.2. The Morgan fingerprint density at radius 1 is 1.12 bits per heavy atom. The first-order valence-electron chi connectivity index (χ1n) is 7.95. The third-order valence-corrected chi connectivity index (χ3v) is 4.03. The lowest BCUT2D eigenvalue weighted by molar-refractivity contribution is 0.770. The average Bonchev–Trinajstić information content (AvgIpc) is 3.20. The first kappa shape index (κ1) is 15.0. The van der Waals surface area contributed by atoms with Gasteiger partial charge in [0.2, 0.25) is 0 Å². The summed E-state index contributed by atoms with van der Waals surface area (Å²) in [6, 6.07) is 18.0. The highest BCUT2D eigenvalue weighted by molar-refractivity contribution is 5.64. The summed E-state index contributed by atoms with van der Waals surface area (Å²) in [5.41, 5.74) is 4.29. The Kier molecular flexibility index (Phi) is 3.67. The molecule has 0 saturated carbocycles. The van der Waals surface area contributed by atoms with Crippen molar-refractivity contribution < 1.29 is 0 Å². The third kappa shape index (κ3) is 2.72. The first-order chi connectivity index (χ1) is 12.3. The van der Waals surface area contributed by atoms with Crippen LogP contribution in [-0.2, 0) is 13.6 Å². The van der Waals surface area contributed by atoms with E-state index in [0.717, 1.165) is 22.5 Å². The second kappa shape index (κ2) is 6.13. The van der Waals surface area contributed by atoms with Crippen molar-refractivity contribution in [2.24, 2.45) is 7.05 Å². The van der Waals surface area contributed by atoms with Crippen molar-refractivity contribution in [1.82, 2.24) is 19.2 Å². The van der Waals surface area contributed by atoms with Crippen molar-refractivity contribution in [2.75, 3.05) is 5.32 Å². The van der Waals surface area contributed by atoms with Gasteiger partial charge in [0.05, 0.1) is 5.69 Å². The quantitative estimate of drug-likeness (QED) is 0.624. The van der Waals surface area contributed by atoms with E-state index in [1.807, 2.05) is 68.0 Å². The molecule has 1 N–H and O–H groups in total. The zero-order valence-corrected chi connectivity index (χ0v) is 13.7. The van der Waals surface area contributed by atoms with Crippen LogP contribution in [0.1, 0.15) is 11.3 Å². The Morgan fingerprint density at radius 3 is 2.72 bits per heavy atom. The van der Waals surface area contributed by atoms with Crippen LogP contribution in [0.5, 0.6) is 0 Å². The Morgan fingerprint density at radius 2 is 1.92 bits per heavy atom. The van der Waals surface area contributed by atoms with Gasteiger partial charge in [0.1, 0.15) is 11.7 Å². The maximum Gasteiger partial charge on any atom is 0.168 e. The van der Waals surface area contributed by atoms with Gasteiger partial charge in [0.25, 0.3) is 0 Å². The number of anilines is 1. The highest BCUT2D eigenvalue weighted by Gasteiger charge is 2.14. The fourth-order valence-corrected chi connectivity index (χ4v) is 2.91. The van der Waals surface area contributed by atoms with E-state index in [2.05, 4.69) is 21.5 Å². The smallest absolute Gasteiger partial charge is 0.168 e. The number of aromatic nitrogens is 4. The SMILES string of the molecule is Cn1cc(CNc2nc3ccccn3c2C#N)c(-c2ccccc2)n1. The van der Waals surface area contributed by atoms with Gasteiger partial charge >= 0.3 is 0 Å². The van der Waals surface area contributed by atoms with E-state index in [-0.39, 0.29) is 0 Å².